The van der Waals surface area contributed by atoms with Crippen molar-refractivity contribution in [3.63, 3.8) is 0 Å². The van der Waals surface area contributed by atoms with Crippen LogP contribution in [0.1, 0.15) is 211 Å². The smallest absolute Gasteiger partial charge is 0.160 e. The lowest BCUT2D eigenvalue weighted by molar-refractivity contribution is 0.0975. The van der Waals surface area contributed by atoms with E-state index in [4.69, 9.17) is 126 Å². The van der Waals surface area contributed by atoms with Gasteiger partial charge in [-0.15, -0.1) is 0 Å². The summed E-state index contributed by atoms with van der Waals surface area (Å²) >= 11 is 0. The Kier molecular flexibility index (Phi) is 14.5. The molecule has 0 bridgehead atoms. The van der Waals surface area contributed by atoms with Crippen LogP contribution in [0.25, 0.3) is 0 Å². The monoisotopic (exact) mass is 1450 g/mol. The van der Waals surface area contributed by atoms with Gasteiger partial charge in [0, 0.05) is 19.2 Å². The van der Waals surface area contributed by atoms with Gasteiger partial charge in [0.15, 0.2) is 46.0 Å². The molecule has 0 aromatic heterocycles. The minimum Gasteiger partial charge on any atom is -0.493 e. The van der Waals surface area contributed by atoms with Crippen molar-refractivity contribution in [2.24, 2.45) is 0 Å². The van der Waals surface area contributed by atoms with Crippen LogP contribution in [0.15, 0.2) is 163 Å². The molecule has 4 atom stereocenters. The molecule has 0 fully saturated rings. The highest BCUT2D eigenvalue weighted by molar-refractivity contribution is 5.46. The third-order valence-electron chi connectivity index (χ3n) is 12.0. The number of aliphatic hydroxyl groups is 4. The Balaban J connectivity index is 0.000000379. The lowest BCUT2D eigenvalue weighted by Crippen LogP contribution is -2.17. The molecule has 0 aliphatic carbocycles. The topological polar surface area (TPSA) is 192 Å². The van der Waals surface area contributed by atoms with Crippen molar-refractivity contribution in [1.29, 1.82) is 0 Å². The van der Waals surface area contributed by atoms with E-state index in [0.717, 1.165) is 14.2 Å². The number of aliphatic hydroxyl groups excluding tert-OH is 4. The van der Waals surface area contributed by atoms with E-state index < -0.39 is 375 Å². The Bertz CT molecular complexity index is 6610. The Morgan fingerprint density at radius 2 is 0.653 bits per heavy atom. The minimum atomic E-state index is -3.44. The second-order valence-electron chi connectivity index (χ2n) is 19.7. The van der Waals surface area contributed by atoms with Gasteiger partial charge in [0.1, 0.15) is 49.2 Å². The number of methoxy groups -OCH3 is 8. The summed E-state index contributed by atoms with van der Waals surface area (Å²) in [6.45, 7) is -5.42. The van der Waals surface area contributed by atoms with Gasteiger partial charge in [-0.3, -0.25) is 0 Å². The maximum Gasteiger partial charge on any atom is 0.160 e. The zero-order chi connectivity index (χ0) is 126. The van der Waals surface area contributed by atoms with E-state index in [1.807, 2.05) is 0 Å². The van der Waals surface area contributed by atoms with Crippen LogP contribution in [0.5, 0.6) is 69.0 Å². The number of ether oxygens (including phenoxy) is 12. The molecule has 101 heavy (non-hydrogen) atoms. The molecule has 8 aromatic rings. The molecular weight excluding hydrogens is 1280 g/mol. The molecule has 0 radical (unpaired) electrons. The molecule has 4 N–H and O–H groups in total. The first-order valence-corrected chi connectivity index (χ1v) is 29.7. The molecule has 0 saturated heterocycles. The van der Waals surface area contributed by atoms with Gasteiger partial charge in [-0.05, 0) is 258 Å². The number of benzene rings is 8. The lowest BCUT2D eigenvalue weighted by Gasteiger charge is -2.13. The molecule has 8 rings (SSSR count). The van der Waals surface area contributed by atoms with Crippen LogP contribution in [0, 0.1) is 34.6 Å². The van der Waals surface area contributed by atoms with Gasteiger partial charge < -0.3 is 77.3 Å². The molecular formula is C85H114O16. The molecule has 4 unspecified atom stereocenters. The first kappa shape index (κ1) is 31.0. The summed E-state index contributed by atoms with van der Waals surface area (Å²) in [5.74, 6) is -8.44. The highest BCUT2D eigenvalue weighted by Gasteiger charge is 2.13. The predicted molar refractivity (Wildman–Crippen MR) is 404 cm³/mol. The van der Waals surface area contributed by atoms with Crippen molar-refractivity contribution in [3.05, 3.63) is 213 Å². The fourth-order valence-electron chi connectivity index (χ4n) is 7.01. The quantitative estimate of drug-likeness (QED) is 0.0283. The fraction of sp³-hybridized carbons (Fsp3) is 0.435. The van der Waals surface area contributed by atoms with E-state index >= 15 is 0 Å². The molecule has 0 amide bonds. The Labute approximate surface area is 688 Å². The van der Waals surface area contributed by atoms with Gasteiger partial charge in [-0.1, -0.05) is 92.1 Å². The van der Waals surface area contributed by atoms with Crippen molar-refractivity contribution in [2.75, 3.05) is 82.8 Å². The maximum absolute atomic E-state index is 10.6. The first-order valence-electron chi connectivity index (χ1n) is 60.2. The normalized spacial score (nSPS) is 22.6. The van der Waals surface area contributed by atoms with Crippen molar-refractivity contribution >= 4 is 0 Å². The summed E-state index contributed by atoms with van der Waals surface area (Å²) < 4.78 is 545. The third-order valence-corrected chi connectivity index (χ3v) is 12.0. The average Bonchev–Trinajstić information content (AvgIpc) is 0.729. The predicted octanol–water partition coefficient (Wildman–Crippen LogP) is 17.0. The highest BCUT2D eigenvalue weighted by atomic mass is 16.5. The summed E-state index contributed by atoms with van der Waals surface area (Å²) in [6, 6.07) is -18.9. The SMILES string of the molecule is [2H]c1c([2H])c(C)c([2H])c(OC([2H])([2H])C(O)CCC([2H])([2H])C([2H])([2H])c2c([2H])c([2H])c(OC([2H])([2H])[2H])c(OC([2H])([2H])[2H])c2[2H])c1[2H].[2H]c1c([2H])c(C)c([2H])c(OC([2H])([2H])C(O)CCC([2H])([2H])C([2H])([2H])c2c([2H])c([2H])c(OC([2H])([2H])[2H])c(OC)c2[2H])c1[2H].[2H]c1c([2H])c(C)c([2H])c(OC([2H])([2H])C(O)CCC([2H])([2H])C([2H])([2H])c2c([2H])c([2H])c(OC)c(OC([2H])([2H])[2H])c2[2H])c1[2H].[2H]c1c([2H])c(OC([2H])([2H])C(O)C([2H])([2H])CCCc2c([2H])c([2H])c(OC)c(OC)c2[2H])c([2H])c(C)c1C. The van der Waals surface area contributed by atoms with Crippen molar-refractivity contribution < 1.29 is 161 Å². The molecule has 0 saturated carbocycles. The van der Waals surface area contributed by atoms with E-state index in [0.29, 0.717) is 11.1 Å². The Morgan fingerprint density at radius 3 is 1.03 bits per heavy atom. The van der Waals surface area contributed by atoms with E-state index in [9.17, 15) is 20.4 Å². The zero-order valence-corrected chi connectivity index (χ0v) is 55.9. The Hall–Kier alpha value is -8.80. The molecule has 0 aliphatic rings. The minimum absolute atomic E-state index is 0.0132. The van der Waals surface area contributed by atoms with Crippen molar-refractivity contribution in [1.82, 2.24) is 0 Å². The average molecular weight is 1450 g/mol. The van der Waals surface area contributed by atoms with Gasteiger partial charge in [0.25, 0.3) is 0 Å². The maximum atomic E-state index is 10.6. The van der Waals surface area contributed by atoms with Crippen LogP contribution in [0.2, 0.25) is 0 Å². The van der Waals surface area contributed by atoms with Crippen LogP contribution >= 0.6 is 0 Å². The highest BCUT2D eigenvalue weighted by Crippen LogP contribution is 2.32. The molecule has 8 aromatic carbocycles. The standard InChI is InChI=1S/C22H30O4.3C21H28O4/c1-16-9-11-20(13-17(16)2)26-15-19(23)8-6-5-7-18-10-12-21(24-3)22(14-18)25-4;3*1-16-7-6-10-19(13-16)25-15-18(22)9-5-4-8-17-11-12-20(23-2)21(14-17)24-3/h9-14,19,23H,5-8,15H2,1-4H3;3*6-7,10-14,18,22H,4-5,8-9,15H2,1-3H3/i8D2,9D,10D,11D,12D,13D,14D,15D2;2D3,3D3,4D2,6D,7D,8D2,10D,11D,12D,13D,14D,15D2;3D3,4D2,6D,7D,8D2,10D,11D,12D,13D,14D,15D2;2D3,4D2,6D,7D,8D2,10D,11D,12D,13D,14D,15D2. The molecule has 0 heterocycles. The van der Waals surface area contributed by atoms with Crippen LogP contribution in [0.4, 0.5) is 0 Å². The molecule has 0 aliphatic heterocycles. The van der Waals surface area contributed by atoms with E-state index in [1.165, 1.54) is 41.9 Å². The van der Waals surface area contributed by atoms with Gasteiger partial charge in [-0.2, -0.15) is 0 Å². The summed E-state index contributed by atoms with van der Waals surface area (Å²) in [4.78, 5) is 0. The third kappa shape index (κ3) is 32.2. The van der Waals surface area contributed by atoms with E-state index in [2.05, 4.69) is 14.2 Å². The first-order chi connectivity index (χ1) is 72.9. The van der Waals surface area contributed by atoms with E-state index in [1.54, 1.807) is 6.92 Å². The van der Waals surface area contributed by atoms with Crippen LogP contribution in [-0.4, -0.2) is 128 Å². The van der Waals surface area contributed by atoms with Gasteiger partial charge >= 0.3 is 0 Å². The largest absolute Gasteiger partial charge is 0.493 e. The van der Waals surface area contributed by atoms with Crippen LogP contribution in [-0.2, 0) is 25.5 Å². The van der Waals surface area contributed by atoms with Gasteiger partial charge in [0.05, 0.1) is 145 Å². The van der Waals surface area contributed by atoms with Crippen molar-refractivity contribution in [2.45, 2.75) is 161 Å². The van der Waals surface area contributed by atoms with Crippen LogP contribution in [0.3, 0.4) is 0 Å². The molecule has 550 valence electrons. The second-order valence-corrected chi connectivity index (χ2v) is 19.7. The fourth-order valence-corrected chi connectivity index (χ4v) is 7.01. The molecule has 16 heteroatoms. The van der Waals surface area contributed by atoms with Gasteiger partial charge in [-0.25, -0.2) is 0 Å². The second kappa shape index (κ2) is 47.3. The number of rotatable bonds is 40. The summed E-state index contributed by atoms with van der Waals surface area (Å²) in [6.07, 6.45) is -36.6. The van der Waals surface area contributed by atoms with Gasteiger partial charge in [0.2, 0.25) is 0 Å². The van der Waals surface area contributed by atoms with Crippen molar-refractivity contribution in [3.8, 4) is 69.0 Å². The summed E-state index contributed by atoms with van der Waals surface area (Å²) in [5.41, 5.74) is -2.70. The lowest BCUT2D eigenvalue weighted by atomic mass is 10.0. The number of hydrogen-bond donors (Lipinski definition) is 4. The van der Waals surface area contributed by atoms with Crippen LogP contribution < -0.4 is 56.8 Å². The Morgan fingerprint density at radius 1 is 0.327 bits per heavy atom. The zero-order valence-electron chi connectivity index (χ0n) is 117. The molecule has 16 nitrogen and oxygen atoms in total. The van der Waals surface area contributed by atoms with E-state index in [-0.39, 0.29) is 76.8 Å². The number of hydrogen-bond acceptors (Lipinski definition) is 16. The summed E-state index contributed by atoms with van der Waals surface area (Å²) in [5, 5.41) is 42.1. The molecule has 0 spiro atoms. The summed E-state index contributed by atoms with van der Waals surface area (Å²) in [7, 11) is -8.42.